The van der Waals surface area contributed by atoms with E-state index in [1.54, 1.807) is 0 Å². The van der Waals surface area contributed by atoms with Crippen molar-refractivity contribution in [3.05, 3.63) is 35.1 Å². The van der Waals surface area contributed by atoms with Crippen LogP contribution in [-0.2, 0) is 15.7 Å². The average Bonchev–Trinajstić information content (AvgIpc) is 2.69. The number of halogens is 4. The molecule has 0 unspecified atom stereocenters. The Morgan fingerprint density at radius 2 is 1.76 bits per heavy atom. The molecular weight excluding hydrogens is 390 g/mol. The summed E-state index contributed by atoms with van der Waals surface area (Å²) in [6.07, 6.45) is 1.07. The Balaban J connectivity index is 1.85. The van der Waals surface area contributed by atoms with Gasteiger partial charge in [0.1, 0.15) is 5.82 Å². The number of carbonyl (C=O) groups excluding carboxylic acids is 2. The number of esters is 1. The number of benzene rings is 1. The fraction of sp³-hybridized carbons (Fsp3) is 0.619. The van der Waals surface area contributed by atoms with Gasteiger partial charge in [0.15, 0.2) is 0 Å². The quantitative estimate of drug-likeness (QED) is 0.331. The summed E-state index contributed by atoms with van der Waals surface area (Å²) < 4.78 is 58.0. The number of piperidine rings is 1. The first-order chi connectivity index (χ1) is 13.8. The lowest BCUT2D eigenvalue weighted by atomic mass is 9.96. The van der Waals surface area contributed by atoms with Gasteiger partial charge in [-0.15, -0.1) is 0 Å². The lowest BCUT2D eigenvalue weighted by Crippen LogP contribution is -2.41. The second kappa shape index (κ2) is 10.6. The van der Waals surface area contributed by atoms with Gasteiger partial charge in [0, 0.05) is 13.1 Å². The van der Waals surface area contributed by atoms with Crippen LogP contribution in [0.3, 0.4) is 0 Å². The highest BCUT2D eigenvalue weighted by Gasteiger charge is 2.37. The van der Waals surface area contributed by atoms with Crippen LogP contribution in [0.1, 0.15) is 67.8 Å². The third kappa shape index (κ3) is 6.44. The SMILES string of the molecule is CCCCCCCOC(=O)C1CCN(C(=O)c2cccc(C(F)(F)F)c2F)CC1. The molecule has 1 heterocycles. The van der Waals surface area contributed by atoms with E-state index >= 15 is 0 Å². The Labute approximate surface area is 168 Å². The van der Waals surface area contributed by atoms with Gasteiger partial charge >= 0.3 is 12.1 Å². The number of carbonyl (C=O) groups is 2. The number of likely N-dealkylation sites (tertiary alicyclic amines) is 1. The first-order valence-corrected chi connectivity index (χ1v) is 10.1. The third-order valence-electron chi connectivity index (χ3n) is 5.14. The van der Waals surface area contributed by atoms with Gasteiger partial charge in [-0.3, -0.25) is 9.59 Å². The van der Waals surface area contributed by atoms with Crippen LogP contribution in [0.2, 0.25) is 0 Å². The molecule has 0 spiro atoms. The van der Waals surface area contributed by atoms with E-state index in [9.17, 15) is 27.2 Å². The molecular formula is C21H27F4NO3. The van der Waals surface area contributed by atoms with E-state index in [1.807, 2.05) is 0 Å². The normalized spacial score (nSPS) is 15.4. The van der Waals surface area contributed by atoms with E-state index in [0.29, 0.717) is 25.5 Å². The fourth-order valence-corrected chi connectivity index (χ4v) is 3.40. The molecule has 1 amide bonds. The summed E-state index contributed by atoms with van der Waals surface area (Å²) >= 11 is 0. The van der Waals surface area contributed by atoms with Crippen LogP contribution in [0.15, 0.2) is 18.2 Å². The predicted octanol–water partition coefficient (Wildman–Crippen LogP) is 5.21. The maximum Gasteiger partial charge on any atom is 0.419 e. The Morgan fingerprint density at radius 3 is 2.38 bits per heavy atom. The van der Waals surface area contributed by atoms with E-state index in [1.165, 1.54) is 4.90 Å². The average molecular weight is 417 g/mol. The van der Waals surface area contributed by atoms with Crippen molar-refractivity contribution in [3.63, 3.8) is 0 Å². The third-order valence-corrected chi connectivity index (χ3v) is 5.14. The van der Waals surface area contributed by atoms with E-state index in [-0.39, 0.29) is 25.0 Å². The summed E-state index contributed by atoms with van der Waals surface area (Å²) in [5, 5.41) is 0. The van der Waals surface area contributed by atoms with Crippen molar-refractivity contribution in [2.75, 3.05) is 19.7 Å². The molecule has 4 nitrogen and oxygen atoms in total. The van der Waals surface area contributed by atoms with E-state index in [0.717, 1.165) is 44.2 Å². The molecule has 8 heteroatoms. The lowest BCUT2D eigenvalue weighted by Gasteiger charge is -2.31. The number of alkyl halides is 3. The second-order valence-corrected chi connectivity index (χ2v) is 7.31. The Bertz CT molecular complexity index is 698. The highest BCUT2D eigenvalue weighted by molar-refractivity contribution is 5.95. The van der Waals surface area contributed by atoms with Gasteiger partial charge in [-0.1, -0.05) is 38.7 Å². The second-order valence-electron chi connectivity index (χ2n) is 7.31. The van der Waals surface area contributed by atoms with Gasteiger partial charge < -0.3 is 9.64 Å². The predicted molar refractivity (Wildman–Crippen MR) is 99.7 cm³/mol. The van der Waals surface area contributed by atoms with Crippen molar-refractivity contribution >= 4 is 11.9 Å². The zero-order valence-corrected chi connectivity index (χ0v) is 16.6. The maximum absolute atomic E-state index is 14.2. The van der Waals surface area contributed by atoms with Crippen LogP contribution in [0.5, 0.6) is 0 Å². The number of amides is 1. The minimum Gasteiger partial charge on any atom is -0.465 e. The fourth-order valence-electron chi connectivity index (χ4n) is 3.40. The summed E-state index contributed by atoms with van der Waals surface area (Å²) in [7, 11) is 0. The molecule has 1 aromatic rings. The van der Waals surface area contributed by atoms with E-state index in [2.05, 4.69) is 6.92 Å². The summed E-state index contributed by atoms with van der Waals surface area (Å²) in [6, 6.07) is 2.67. The largest absolute Gasteiger partial charge is 0.465 e. The van der Waals surface area contributed by atoms with E-state index in [4.69, 9.17) is 4.74 Å². The summed E-state index contributed by atoms with van der Waals surface area (Å²) in [5.41, 5.74) is -2.06. The first kappa shape index (κ1) is 23.2. The number of hydrogen-bond donors (Lipinski definition) is 0. The number of rotatable bonds is 8. The number of nitrogens with zero attached hydrogens (tertiary/aromatic N) is 1. The van der Waals surface area contributed by atoms with E-state index < -0.39 is 29.0 Å². The molecule has 1 saturated heterocycles. The van der Waals surface area contributed by atoms with Crippen molar-refractivity contribution in [2.45, 2.75) is 58.0 Å². The van der Waals surface area contributed by atoms with Crippen molar-refractivity contribution in [3.8, 4) is 0 Å². The minimum atomic E-state index is -4.87. The van der Waals surface area contributed by atoms with Crippen LogP contribution >= 0.6 is 0 Å². The van der Waals surface area contributed by atoms with Crippen LogP contribution < -0.4 is 0 Å². The molecule has 0 radical (unpaired) electrons. The zero-order valence-electron chi connectivity index (χ0n) is 16.6. The van der Waals surface area contributed by atoms with Gasteiger partial charge in [-0.2, -0.15) is 13.2 Å². The minimum absolute atomic E-state index is 0.171. The van der Waals surface area contributed by atoms with Crippen LogP contribution in [0, 0.1) is 11.7 Å². The van der Waals surface area contributed by atoms with Gasteiger partial charge in [0.25, 0.3) is 5.91 Å². The lowest BCUT2D eigenvalue weighted by molar-refractivity contribution is -0.150. The summed E-state index contributed by atoms with van der Waals surface area (Å²) in [4.78, 5) is 25.9. The van der Waals surface area contributed by atoms with Crippen molar-refractivity contribution in [1.29, 1.82) is 0 Å². The molecule has 0 bridgehead atoms. The Kier molecular flexibility index (Phi) is 8.46. The van der Waals surface area contributed by atoms with Gasteiger partial charge in [0.05, 0.1) is 23.7 Å². The molecule has 0 atom stereocenters. The Hall–Kier alpha value is -2.12. The van der Waals surface area contributed by atoms with Gasteiger partial charge in [-0.25, -0.2) is 4.39 Å². The molecule has 2 rings (SSSR count). The van der Waals surface area contributed by atoms with Crippen molar-refractivity contribution in [1.82, 2.24) is 4.90 Å². The molecule has 0 aromatic heterocycles. The standard InChI is InChI=1S/C21H27F4NO3/c1-2-3-4-5-6-14-29-20(28)15-10-12-26(13-11-15)19(27)16-8-7-9-17(18(16)22)21(23,24)25/h7-9,15H,2-6,10-14H2,1H3. The maximum atomic E-state index is 14.2. The molecule has 29 heavy (non-hydrogen) atoms. The molecule has 1 aliphatic rings. The van der Waals surface area contributed by atoms with Crippen molar-refractivity contribution < 1.29 is 31.9 Å². The first-order valence-electron chi connectivity index (χ1n) is 10.1. The summed E-state index contributed by atoms with van der Waals surface area (Å²) in [6.45, 7) is 2.84. The topological polar surface area (TPSA) is 46.6 Å². The zero-order chi connectivity index (χ0) is 21.4. The highest BCUT2D eigenvalue weighted by atomic mass is 19.4. The van der Waals surface area contributed by atoms with Gasteiger partial charge in [-0.05, 0) is 31.4 Å². The van der Waals surface area contributed by atoms with Crippen molar-refractivity contribution in [2.24, 2.45) is 5.92 Å². The number of ether oxygens (including phenoxy) is 1. The molecule has 1 aromatic carbocycles. The Morgan fingerprint density at radius 1 is 1.10 bits per heavy atom. The molecule has 1 fully saturated rings. The highest BCUT2D eigenvalue weighted by Crippen LogP contribution is 2.33. The number of hydrogen-bond acceptors (Lipinski definition) is 3. The van der Waals surface area contributed by atoms with Crippen LogP contribution in [-0.4, -0.2) is 36.5 Å². The molecule has 162 valence electrons. The molecule has 0 N–H and O–H groups in total. The molecule has 1 aliphatic heterocycles. The van der Waals surface area contributed by atoms with Gasteiger partial charge in [0.2, 0.25) is 0 Å². The smallest absolute Gasteiger partial charge is 0.419 e. The number of unbranched alkanes of at least 4 members (excludes halogenated alkanes) is 4. The van der Waals surface area contributed by atoms with Crippen LogP contribution in [0.4, 0.5) is 17.6 Å². The van der Waals surface area contributed by atoms with Crippen LogP contribution in [0.25, 0.3) is 0 Å². The molecule has 0 saturated carbocycles. The summed E-state index contributed by atoms with van der Waals surface area (Å²) in [5.74, 6) is -3.01. The monoisotopic (exact) mass is 417 g/mol. The molecule has 0 aliphatic carbocycles.